The molecule has 7 rings (SSSR count). The molecule has 0 unspecified atom stereocenters. The van der Waals surface area contributed by atoms with Crippen molar-refractivity contribution >= 4 is 29.6 Å². The smallest absolute Gasteiger partial charge is 0.329 e. The molecule has 4 amide bonds. The molecule has 3 atom stereocenters. The van der Waals surface area contributed by atoms with Gasteiger partial charge in [-0.3, -0.25) is 34.9 Å². The lowest BCUT2D eigenvalue weighted by atomic mass is 9.55. The molecule has 0 aromatic heterocycles. The van der Waals surface area contributed by atoms with Crippen LogP contribution < -0.4 is 10.9 Å². The zero-order chi connectivity index (χ0) is 29.4. The van der Waals surface area contributed by atoms with Crippen LogP contribution in [-0.4, -0.2) is 47.1 Å². The summed E-state index contributed by atoms with van der Waals surface area (Å²) >= 11 is 0. The fraction of sp³-hybridized carbons (Fsp3) is 0.303. The quantitative estimate of drug-likeness (QED) is 0.245. The molecule has 9 nitrogen and oxygen atoms in total. The van der Waals surface area contributed by atoms with E-state index in [0.717, 1.165) is 33.6 Å². The lowest BCUT2D eigenvalue weighted by Crippen LogP contribution is -2.48. The minimum absolute atomic E-state index is 0.230. The fourth-order valence-electron chi connectivity index (χ4n) is 6.81. The van der Waals surface area contributed by atoms with Gasteiger partial charge in [0.25, 0.3) is 11.8 Å². The van der Waals surface area contributed by atoms with Crippen molar-refractivity contribution in [3.63, 3.8) is 0 Å². The number of carbonyl (C=O) groups excluding carboxylic acids is 5. The molecule has 0 saturated carbocycles. The Morgan fingerprint density at radius 2 is 1.26 bits per heavy atom. The number of amides is 4. The average molecular weight is 566 g/mol. The van der Waals surface area contributed by atoms with Crippen molar-refractivity contribution in [2.75, 3.05) is 6.61 Å². The van der Waals surface area contributed by atoms with Gasteiger partial charge in [0.2, 0.25) is 11.8 Å². The van der Waals surface area contributed by atoms with Gasteiger partial charge in [-0.25, -0.2) is 4.79 Å². The fourth-order valence-corrected chi connectivity index (χ4v) is 6.81. The summed E-state index contributed by atoms with van der Waals surface area (Å²) in [5.74, 6) is -4.63. The van der Waals surface area contributed by atoms with Crippen LogP contribution in [0, 0.1) is 11.8 Å². The van der Waals surface area contributed by atoms with Crippen LogP contribution in [0.15, 0.2) is 78.9 Å². The van der Waals surface area contributed by atoms with E-state index in [1.165, 1.54) is 0 Å². The van der Waals surface area contributed by atoms with E-state index >= 15 is 0 Å². The summed E-state index contributed by atoms with van der Waals surface area (Å²) in [6.45, 7) is 1.27. The molecular weight excluding hydrogens is 534 g/mol. The molecule has 1 saturated heterocycles. The third kappa shape index (κ3) is 4.55. The summed E-state index contributed by atoms with van der Waals surface area (Å²) in [5, 5.41) is 0. The molecular formula is C33H31N3O6. The summed E-state index contributed by atoms with van der Waals surface area (Å²) in [5.41, 5.74) is 9.04. The number of imide groups is 1. The molecule has 1 heterocycles. The SMILES string of the molecule is CCCC[C@H](C(=O)OCC(=O)NNC(=O)c1ccccc1)N1C(=O)[C@@H]2C3c4ccccc4C(c4ccccc43)[C@H]2C1=O. The molecule has 1 fully saturated rings. The molecule has 3 aromatic carbocycles. The van der Waals surface area contributed by atoms with E-state index in [1.807, 2.05) is 55.5 Å². The number of esters is 1. The maximum absolute atomic E-state index is 14.1. The van der Waals surface area contributed by atoms with Crippen molar-refractivity contribution in [1.82, 2.24) is 15.8 Å². The normalized spacial score (nSPS) is 22.1. The lowest BCUT2D eigenvalue weighted by molar-refractivity contribution is -0.161. The van der Waals surface area contributed by atoms with Crippen LogP contribution >= 0.6 is 0 Å². The third-order valence-corrected chi connectivity index (χ3v) is 8.59. The third-order valence-electron chi connectivity index (χ3n) is 8.59. The molecule has 1 aliphatic heterocycles. The van der Waals surface area contributed by atoms with E-state index in [2.05, 4.69) is 10.9 Å². The van der Waals surface area contributed by atoms with Crippen molar-refractivity contribution in [2.24, 2.45) is 11.8 Å². The van der Waals surface area contributed by atoms with Crippen molar-refractivity contribution in [3.8, 4) is 0 Å². The van der Waals surface area contributed by atoms with Gasteiger partial charge in [0.05, 0.1) is 11.8 Å². The van der Waals surface area contributed by atoms with Gasteiger partial charge < -0.3 is 4.74 Å². The van der Waals surface area contributed by atoms with E-state index < -0.39 is 42.3 Å². The van der Waals surface area contributed by atoms with E-state index in [1.54, 1.807) is 30.3 Å². The largest absolute Gasteiger partial charge is 0.454 e. The average Bonchev–Trinajstić information content (AvgIpc) is 3.29. The Labute approximate surface area is 243 Å². The van der Waals surface area contributed by atoms with E-state index in [-0.39, 0.29) is 30.1 Å². The topological polar surface area (TPSA) is 122 Å². The molecule has 0 radical (unpaired) electrons. The summed E-state index contributed by atoms with van der Waals surface area (Å²) in [6.07, 6.45) is 1.55. The van der Waals surface area contributed by atoms with Crippen LogP contribution in [0.5, 0.6) is 0 Å². The first-order chi connectivity index (χ1) is 20.4. The number of rotatable bonds is 8. The van der Waals surface area contributed by atoms with Gasteiger partial charge in [0, 0.05) is 17.4 Å². The second kappa shape index (κ2) is 11.2. The first kappa shape index (κ1) is 27.4. The Balaban J connectivity index is 1.20. The zero-order valence-corrected chi connectivity index (χ0v) is 23.1. The summed E-state index contributed by atoms with van der Waals surface area (Å²) in [4.78, 5) is 67.2. The number of nitrogens with zero attached hydrogens (tertiary/aromatic N) is 1. The van der Waals surface area contributed by atoms with Gasteiger partial charge in [-0.15, -0.1) is 0 Å². The van der Waals surface area contributed by atoms with Crippen molar-refractivity contribution < 1.29 is 28.7 Å². The number of nitrogens with one attached hydrogen (secondary N) is 2. The molecule has 0 spiro atoms. The summed E-state index contributed by atoms with van der Waals surface area (Å²) in [6, 6.07) is 23.1. The van der Waals surface area contributed by atoms with Crippen molar-refractivity contribution in [2.45, 2.75) is 44.1 Å². The second-order valence-corrected chi connectivity index (χ2v) is 10.9. The maximum atomic E-state index is 14.1. The van der Waals surface area contributed by atoms with Gasteiger partial charge in [-0.1, -0.05) is 86.5 Å². The Kier molecular flexibility index (Phi) is 7.33. The lowest BCUT2D eigenvalue weighted by Gasteiger charge is -2.45. The van der Waals surface area contributed by atoms with Gasteiger partial charge in [-0.05, 0) is 40.8 Å². The molecule has 2 N–H and O–H groups in total. The Morgan fingerprint density at radius 1 is 0.762 bits per heavy atom. The highest BCUT2D eigenvalue weighted by Gasteiger charge is 2.63. The van der Waals surface area contributed by atoms with Gasteiger partial charge >= 0.3 is 5.97 Å². The van der Waals surface area contributed by atoms with Crippen LogP contribution in [0.2, 0.25) is 0 Å². The second-order valence-electron chi connectivity index (χ2n) is 10.9. The molecule has 3 aliphatic carbocycles. The molecule has 3 aromatic rings. The van der Waals surface area contributed by atoms with Crippen LogP contribution in [0.25, 0.3) is 0 Å². The zero-order valence-electron chi connectivity index (χ0n) is 23.1. The molecule has 42 heavy (non-hydrogen) atoms. The highest BCUT2D eigenvalue weighted by Crippen LogP contribution is 2.61. The number of hydrogen-bond acceptors (Lipinski definition) is 6. The van der Waals surface area contributed by atoms with E-state index in [9.17, 15) is 24.0 Å². The van der Waals surface area contributed by atoms with Gasteiger partial charge in [0.1, 0.15) is 6.04 Å². The number of likely N-dealkylation sites (tertiary alicyclic amines) is 1. The van der Waals surface area contributed by atoms with E-state index in [0.29, 0.717) is 12.0 Å². The number of hydrazine groups is 1. The number of benzene rings is 3. The number of ether oxygens (including phenoxy) is 1. The number of hydrogen-bond donors (Lipinski definition) is 2. The van der Waals surface area contributed by atoms with Crippen molar-refractivity contribution in [1.29, 1.82) is 0 Å². The first-order valence-electron chi connectivity index (χ1n) is 14.3. The van der Waals surface area contributed by atoms with Gasteiger partial charge in [-0.2, -0.15) is 0 Å². The molecule has 4 aliphatic rings. The highest BCUT2D eigenvalue weighted by atomic mass is 16.5. The standard InChI is InChI=1S/C33H31N3O6/c1-2-3-17-24(33(41)42-18-25(37)34-35-30(38)19-11-5-4-6-12-19)36-31(39)28-26-20-13-7-8-14-21(20)27(29(28)32(36)40)23-16-10-9-15-22(23)26/h4-16,24,26-29H,2-3,17-18H2,1H3,(H,34,37)(H,35,38)/t24-,26?,27?,28-,29-/m1/s1. The predicted octanol–water partition coefficient (Wildman–Crippen LogP) is 3.44. The van der Waals surface area contributed by atoms with Crippen LogP contribution in [0.4, 0.5) is 0 Å². The predicted molar refractivity (Wildman–Crippen MR) is 152 cm³/mol. The Hall–Kier alpha value is -4.79. The van der Waals surface area contributed by atoms with Crippen LogP contribution in [0.1, 0.15) is 70.6 Å². The maximum Gasteiger partial charge on any atom is 0.329 e. The minimum atomic E-state index is -1.15. The summed E-state index contributed by atoms with van der Waals surface area (Å²) in [7, 11) is 0. The minimum Gasteiger partial charge on any atom is -0.454 e. The molecule has 9 heteroatoms. The summed E-state index contributed by atoms with van der Waals surface area (Å²) < 4.78 is 5.31. The van der Waals surface area contributed by atoms with Crippen LogP contribution in [0.3, 0.4) is 0 Å². The monoisotopic (exact) mass is 565 g/mol. The molecule has 214 valence electrons. The van der Waals surface area contributed by atoms with E-state index in [4.69, 9.17) is 4.74 Å². The molecule has 2 bridgehead atoms. The highest BCUT2D eigenvalue weighted by molar-refractivity contribution is 6.10. The number of carbonyl (C=O) groups is 5. The number of unbranched alkanes of at least 4 members (excludes halogenated alkanes) is 1. The Morgan fingerprint density at radius 3 is 1.76 bits per heavy atom. The van der Waals surface area contributed by atoms with Gasteiger partial charge in [0.15, 0.2) is 6.61 Å². The first-order valence-corrected chi connectivity index (χ1v) is 14.3. The Bertz CT molecular complexity index is 1460. The van der Waals surface area contributed by atoms with Crippen molar-refractivity contribution in [3.05, 3.63) is 107 Å². The van der Waals surface area contributed by atoms with Crippen LogP contribution in [-0.2, 0) is 23.9 Å².